The minimum atomic E-state index is -0.171. The fourth-order valence-corrected chi connectivity index (χ4v) is 10.3. The van der Waals surface area contributed by atoms with Crippen LogP contribution >= 0.6 is 45.3 Å². The van der Waals surface area contributed by atoms with Crippen molar-refractivity contribution < 1.29 is 9.59 Å². The lowest BCUT2D eigenvalue weighted by Crippen LogP contribution is -2.20. The van der Waals surface area contributed by atoms with E-state index in [1.807, 2.05) is 28.7 Å². The van der Waals surface area contributed by atoms with Gasteiger partial charge in [0.2, 0.25) is 0 Å². The molecule has 0 spiro atoms. The third-order valence-electron chi connectivity index (χ3n) is 8.98. The average molecular weight is 645 g/mol. The Morgan fingerprint density at radius 2 is 1.05 bits per heavy atom. The molecule has 0 saturated heterocycles. The molecule has 4 heterocycles. The minimum Gasteiger partial charge on any atom is -0.298 e. The van der Waals surface area contributed by atoms with E-state index in [9.17, 15) is 9.59 Å². The summed E-state index contributed by atoms with van der Waals surface area (Å²) in [5.41, 5.74) is 2.90. The van der Waals surface area contributed by atoms with E-state index in [0.717, 1.165) is 60.7 Å². The lowest BCUT2D eigenvalue weighted by atomic mass is 9.76. The molecule has 4 aromatic heterocycles. The van der Waals surface area contributed by atoms with Gasteiger partial charge in [-0.25, -0.2) is 0 Å². The topological polar surface area (TPSA) is 34.1 Å². The summed E-state index contributed by atoms with van der Waals surface area (Å²) in [6, 6.07) is 21.8. The summed E-state index contributed by atoms with van der Waals surface area (Å²) in [7, 11) is 0. The maximum absolute atomic E-state index is 12.3. The lowest BCUT2D eigenvalue weighted by molar-refractivity contribution is 0.109. The Labute approximate surface area is 272 Å². The zero-order valence-corrected chi connectivity index (χ0v) is 29.2. The number of hydrogen-bond acceptors (Lipinski definition) is 6. The molecule has 0 fully saturated rings. The molecule has 5 rings (SSSR count). The van der Waals surface area contributed by atoms with Crippen LogP contribution in [0.2, 0.25) is 0 Å². The summed E-state index contributed by atoms with van der Waals surface area (Å²) in [5.74, 6) is 0. The smallest absolute Gasteiger partial charge is 0.151 e. The maximum Gasteiger partial charge on any atom is 0.151 e. The molecule has 43 heavy (non-hydrogen) atoms. The molecular formula is C37H40O2S4. The van der Waals surface area contributed by atoms with Crippen molar-refractivity contribution in [3.63, 3.8) is 0 Å². The molecule has 2 nitrogen and oxygen atoms in total. The predicted molar refractivity (Wildman–Crippen MR) is 191 cm³/mol. The van der Waals surface area contributed by atoms with E-state index in [-0.39, 0.29) is 10.8 Å². The molecule has 0 radical (unpaired) electrons. The number of rotatable bonds is 13. The molecule has 5 aromatic rings. The molecular weight excluding hydrogens is 605 g/mol. The van der Waals surface area contributed by atoms with Gasteiger partial charge in [0.05, 0.1) is 0 Å². The maximum atomic E-state index is 12.3. The second kappa shape index (κ2) is 13.2. The van der Waals surface area contributed by atoms with E-state index in [1.54, 1.807) is 22.7 Å². The van der Waals surface area contributed by atoms with Crippen LogP contribution in [0.25, 0.3) is 39.7 Å². The number of benzene rings is 1. The molecule has 6 heteroatoms. The number of hydrogen-bond donors (Lipinski definition) is 0. The number of carbonyl (C=O) groups excluding carboxylic acids is 2. The molecule has 0 aliphatic rings. The summed E-state index contributed by atoms with van der Waals surface area (Å²) < 4.78 is 0. The van der Waals surface area contributed by atoms with E-state index in [2.05, 4.69) is 96.1 Å². The number of aldehydes is 2. The molecule has 1 aromatic carbocycles. The van der Waals surface area contributed by atoms with Gasteiger partial charge in [0.1, 0.15) is 0 Å². The van der Waals surface area contributed by atoms with Crippen molar-refractivity contribution in [3.05, 3.63) is 82.2 Å². The van der Waals surface area contributed by atoms with Crippen LogP contribution in [0, 0.1) is 0 Å². The second-order valence-electron chi connectivity index (χ2n) is 12.1. The summed E-state index contributed by atoms with van der Waals surface area (Å²) in [6.07, 6.45) is 7.19. The highest BCUT2D eigenvalue weighted by Gasteiger charge is 2.27. The van der Waals surface area contributed by atoms with Gasteiger partial charge in [-0.15, -0.1) is 45.3 Å². The van der Waals surface area contributed by atoms with Crippen molar-refractivity contribution >= 4 is 57.9 Å². The second-order valence-corrected chi connectivity index (χ2v) is 16.5. The summed E-state index contributed by atoms with van der Waals surface area (Å²) in [6.45, 7) is 13.4. The number of unbranched alkanes of at least 4 members (excludes halogenated alkanes) is 1. The van der Waals surface area contributed by atoms with Gasteiger partial charge in [-0.05, 0) is 78.8 Å². The van der Waals surface area contributed by atoms with Crippen LogP contribution in [0.3, 0.4) is 0 Å². The zero-order valence-electron chi connectivity index (χ0n) is 25.9. The van der Waals surface area contributed by atoms with Crippen LogP contribution in [-0.2, 0) is 10.8 Å². The summed E-state index contributed by atoms with van der Waals surface area (Å²) in [5, 5.41) is 0. The van der Waals surface area contributed by atoms with E-state index < -0.39 is 0 Å². The van der Waals surface area contributed by atoms with E-state index >= 15 is 0 Å². The van der Waals surface area contributed by atoms with Crippen molar-refractivity contribution in [3.8, 4) is 39.7 Å². The van der Waals surface area contributed by atoms with Crippen LogP contribution in [0.4, 0.5) is 0 Å². The van der Waals surface area contributed by atoms with Crippen molar-refractivity contribution in [1.82, 2.24) is 0 Å². The van der Waals surface area contributed by atoms with Crippen molar-refractivity contribution in [2.45, 2.75) is 84.5 Å². The van der Waals surface area contributed by atoms with Gasteiger partial charge in [0.25, 0.3) is 0 Å². The standard InChI is InChI=1S/C37H40O2S4/c1-7-10-21-36(4,5)27-12-11-24(25(22-38)26(27)23-39)28-13-14-29(40-28)30-15-16-31(41-30)32-17-18-33(42-32)34-19-20-35(43-34)37(6,8-2)9-3/h11-20,22-23H,7-10,21H2,1-6H3. The first-order valence-corrected chi connectivity index (χ1v) is 18.4. The summed E-state index contributed by atoms with van der Waals surface area (Å²) >= 11 is 7.27. The molecule has 0 aliphatic heterocycles. The molecule has 0 bridgehead atoms. The Hall–Kier alpha value is -2.64. The van der Waals surface area contributed by atoms with E-state index in [1.165, 1.54) is 34.1 Å². The Morgan fingerprint density at radius 1 is 0.581 bits per heavy atom. The van der Waals surface area contributed by atoms with Gasteiger partial charge < -0.3 is 0 Å². The minimum absolute atomic E-state index is 0.171. The number of thiophene rings is 4. The molecule has 0 saturated carbocycles. The molecule has 224 valence electrons. The van der Waals surface area contributed by atoms with Gasteiger partial charge in [-0.2, -0.15) is 0 Å². The third kappa shape index (κ3) is 6.30. The van der Waals surface area contributed by atoms with Crippen molar-refractivity contribution in [2.75, 3.05) is 0 Å². The molecule has 0 atom stereocenters. The van der Waals surface area contributed by atoms with Gasteiger partial charge in [0.15, 0.2) is 12.6 Å². The van der Waals surface area contributed by atoms with E-state index in [0.29, 0.717) is 11.1 Å². The Balaban J connectivity index is 1.40. The normalized spacial score (nSPS) is 12.1. The van der Waals surface area contributed by atoms with Gasteiger partial charge in [-0.3, -0.25) is 9.59 Å². The lowest BCUT2D eigenvalue weighted by Gasteiger charge is -2.28. The van der Waals surface area contributed by atoms with Crippen LogP contribution in [0.15, 0.2) is 60.7 Å². The van der Waals surface area contributed by atoms with Gasteiger partial charge in [-0.1, -0.05) is 66.5 Å². The highest BCUT2D eigenvalue weighted by Crippen LogP contribution is 2.46. The highest BCUT2D eigenvalue weighted by molar-refractivity contribution is 7.29. The third-order valence-corrected chi connectivity index (χ3v) is 14.2. The first-order valence-electron chi connectivity index (χ1n) is 15.2. The fraction of sp³-hybridized carbons (Fsp3) is 0.351. The van der Waals surface area contributed by atoms with Crippen molar-refractivity contribution in [2.24, 2.45) is 0 Å². The Morgan fingerprint density at radius 3 is 1.53 bits per heavy atom. The Kier molecular flexibility index (Phi) is 9.72. The number of carbonyl (C=O) groups is 2. The summed E-state index contributed by atoms with van der Waals surface area (Å²) in [4.78, 5) is 34.7. The van der Waals surface area contributed by atoms with Gasteiger partial charge in [0, 0.05) is 61.1 Å². The van der Waals surface area contributed by atoms with Gasteiger partial charge >= 0.3 is 0 Å². The largest absolute Gasteiger partial charge is 0.298 e. The van der Waals surface area contributed by atoms with Crippen molar-refractivity contribution in [1.29, 1.82) is 0 Å². The quantitative estimate of drug-likeness (QED) is 0.120. The SMILES string of the molecule is CCCCC(C)(C)c1ccc(-c2ccc(-c3ccc(-c4ccc(-c5ccc(C(C)(CC)CC)s5)s4)s3)s2)c(C=O)c1C=O. The molecule has 0 N–H and O–H groups in total. The first kappa shape index (κ1) is 31.8. The van der Waals surface area contributed by atoms with Crippen LogP contribution in [0.1, 0.15) is 105 Å². The first-order chi connectivity index (χ1) is 20.7. The monoisotopic (exact) mass is 644 g/mol. The molecule has 0 unspecified atom stereocenters. The van der Waals surface area contributed by atoms with Crippen LogP contribution in [-0.4, -0.2) is 12.6 Å². The van der Waals surface area contributed by atoms with E-state index in [4.69, 9.17) is 0 Å². The van der Waals surface area contributed by atoms with Crippen LogP contribution in [0.5, 0.6) is 0 Å². The fourth-order valence-electron chi connectivity index (χ4n) is 5.66. The van der Waals surface area contributed by atoms with Crippen LogP contribution < -0.4 is 0 Å². The Bertz CT molecular complexity index is 1720. The molecule has 0 amide bonds. The highest BCUT2D eigenvalue weighted by atomic mass is 32.1. The average Bonchev–Trinajstić information content (AvgIpc) is 3.84. The zero-order chi connectivity index (χ0) is 30.8. The molecule has 0 aliphatic carbocycles. The predicted octanol–water partition coefficient (Wildman–Crippen LogP) is 12.8.